The molecule has 3 N–H and O–H groups in total. The summed E-state index contributed by atoms with van der Waals surface area (Å²) in [6.45, 7) is 2.54. The highest BCUT2D eigenvalue weighted by Crippen LogP contribution is 2.23. The fourth-order valence-corrected chi connectivity index (χ4v) is 4.10. The van der Waals surface area contributed by atoms with Crippen LogP contribution >= 0.6 is 0 Å². The first-order valence-electron chi connectivity index (χ1n) is 10.9. The molecule has 0 spiro atoms. The highest BCUT2D eigenvalue weighted by atomic mass is 32.2. The van der Waals surface area contributed by atoms with Crippen molar-refractivity contribution in [1.29, 1.82) is 0 Å². The van der Waals surface area contributed by atoms with Gasteiger partial charge < -0.3 is 14.5 Å². The maximum Gasteiger partial charge on any atom is 0.336 e. The lowest BCUT2D eigenvalue weighted by Crippen LogP contribution is -2.25. The molecule has 9 heteroatoms. The number of rotatable bonds is 8. The Morgan fingerprint density at radius 2 is 1.66 bits per heavy atom. The molecule has 0 bridgehead atoms. The quantitative estimate of drug-likeness (QED) is 0.363. The highest BCUT2D eigenvalue weighted by molar-refractivity contribution is 7.89. The van der Waals surface area contributed by atoms with E-state index in [1.54, 1.807) is 30.3 Å². The van der Waals surface area contributed by atoms with Crippen molar-refractivity contribution < 1.29 is 22.4 Å². The van der Waals surface area contributed by atoms with E-state index in [4.69, 9.17) is 14.3 Å². The van der Waals surface area contributed by atoms with Gasteiger partial charge in [-0.2, -0.15) is 0 Å². The molecule has 35 heavy (non-hydrogen) atoms. The van der Waals surface area contributed by atoms with Crippen LogP contribution in [0.5, 0.6) is 5.75 Å². The number of sulfonamides is 1. The first kappa shape index (κ1) is 24.2. The topological polar surface area (TPSA) is 129 Å². The lowest BCUT2D eigenvalue weighted by atomic mass is 10.1. The van der Waals surface area contributed by atoms with Crippen molar-refractivity contribution in [3.05, 3.63) is 105 Å². The zero-order valence-corrected chi connectivity index (χ0v) is 19.8. The second-order valence-electron chi connectivity index (χ2n) is 8.09. The molecule has 0 aliphatic rings. The van der Waals surface area contributed by atoms with Gasteiger partial charge in [-0.15, -0.1) is 0 Å². The van der Waals surface area contributed by atoms with Gasteiger partial charge >= 0.3 is 5.63 Å². The van der Waals surface area contributed by atoms with Crippen molar-refractivity contribution >= 4 is 26.9 Å². The highest BCUT2D eigenvalue weighted by Gasteiger charge is 2.09. The number of fused-ring (bicyclic) bond motifs is 1. The fraction of sp³-hybridized carbons (Fsp3) is 0.154. The Kier molecular flexibility index (Phi) is 6.99. The van der Waals surface area contributed by atoms with Gasteiger partial charge in [0.05, 0.1) is 4.90 Å². The molecule has 4 aromatic rings. The largest absolute Gasteiger partial charge is 0.489 e. The first-order valence-corrected chi connectivity index (χ1v) is 12.4. The third-order valence-corrected chi connectivity index (χ3v) is 6.42. The first-order chi connectivity index (χ1) is 16.7. The Hall–Kier alpha value is -3.95. The van der Waals surface area contributed by atoms with Crippen LogP contribution in [0.15, 0.2) is 86.9 Å². The molecule has 1 aromatic heterocycles. The minimum absolute atomic E-state index is 0.0525. The molecule has 3 aromatic carbocycles. The summed E-state index contributed by atoms with van der Waals surface area (Å²) in [7, 11) is -3.72. The van der Waals surface area contributed by atoms with E-state index in [9.17, 15) is 18.0 Å². The van der Waals surface area contributed by atoms with Crippen LogP contribution in [0.3, 0.4) is 0 Å². The van der Waals surface area contributed by atoms with Gasteiger partial charge in [-0.25, -0.2) is 18.4 Å². The molecular weight excluding hydrogens is 468 g/mol. The van der Waals surface area contributed by atoms with Crippen LogP contribution in [-0.2, 0) is 23.1 Å². The molecule has 0 fully saturated rings. The second-order valence-corrected chi connectivity index (χ2v) is 9.65. The van der Waals surface area contributed by atoms with Gasteiger partial charge in [-0.05, 0) is 66.4 Å². The Morgan fingerprint density at radius 1 is 0.971 bits per heavy atom. The van der Waals surface area contributed by atoms with E-state index >= 15 is 0 Å². The predicted octanol–water partition coefficient (Wildman–Crippen LogP) is 3.30. The smallest absolute Gasteiger partial charge is 0.336 e. The predicted molar refractivity (Wildman–Crippen MR) is 132 cm³/mol. The number of nitrogens with two attached hydrogens (primary N) is 1. The number of hydrogen-bond donors (Lipinski definition) is 2. The van der Waals surface area contributed by atoms with Crippen LogP contribution in [0.2, 0.25) is 0 Å². The molecule has 4 rings (SSSR count). The molecule has 0 aliphatic heterocycles. The molecule has 0 saturated carbocycles. The van der Waals surface area contributed by atoms with Crippen LogP contribution < -0.4 is 20.8 Å². The van der Waals surface area contributed by atoms with Crippen LogP contribution in [-0.4, -0.2) is 20.9 Å². The van der Waals surface area contributed by atoms with Crippen molar-refractivity contribution in [1.82, 2.24) is 5.32 Å². The van der Waals surface area contributed by atoms with Gasteiger partial charge in [-0.3, -0.25) is 4.79 Å². The minimum Gasteiger partial charge on any atom is -0.489 e. The Labute approximate surface area is 202 Å². The van der Waals surface area contributed by atoms with Crippen molar-refractivity contribution in [3.8, 4) is 5.75 Å². The molecule has 180 valence electrons. The summed E-state index contributed by atoms with van der Waals surface area (Å²) in [5.74, 6) is 0.365. The number of benzene rings is 3. The second kappa shape index (κ2) is 10.1. The third kappa shape index (κ3) is 6.14. The van der Waals surface area contributed by atoms with E-state index in [0.717, 1.165) is 22.1 Å². The number of ether oxygens (including phenoxy) is 1. The zero-order valence-electron chi connectivity index (χ0n) is 19.0. The molecule has 0 aliphatic carbocycles. The molecular formula is C26H24N2O6S. The molecule has 0 atom stereocenters. The van der Waals surface area contributed by atoms with Crippen molar-refractivity contribution in [2.24, 2.45) is 5.14 Å². The number of primary sulfonamides is 1. The number of carbonyl (C=O) groups excluding carboxylic acids is 1. The Bertz CT molecular complexity index is 1530. The molecule has 1 heterocycles. The number of hydrogen-bond acceptors (Lipinski definition) is 6. The van der Waals surface area contributed by atoms with Gasteiger partial charge in [-0.1, -0.05) is 24.3 Å². The summed E-state index contributed by atoms with van der Waals surface area (Å²) in [6.07, 6.45) is 0.550. The third-order valence-electron chi connectivity index (χ3n) is 5.50. The minimum atomic E-state index is -3.72. The van der Waals surface area contributed by atoms with E-state index < -0.39 is 15.6 Å². The lowest BCUT2D eigenvalue weighted by Gasteiger charge is -2.09. The Morgan fingerprint density at radius 3 is 2.34 bits per heavy atom. The molecule has 8 nitrogen and oxygen atoms in total. The Balaban J connectivity index is 1.29. The fourth-order valence-electron chi connectivity index (χ4n) is 3.58. The maximum atomic E-state index is 12.4. The van der Waals surface area contributed by atoms with Crippen LogP contribution in [0.4, 0.5) is 0 Å². The van der Waals surface area contributed by atoms with Crippen molar-refractivity contribution in [2.45, 2.75) is 24.8 Å². The normalized spacial score (nSPS) is 11.4. The monoisotopic (exact) mass is 492 g/mol. The van der Waals surface area contributed by atoms with Crippen LogP contribution in [0.1, 0.15) is 27.0 Å². The summed E-state index contributed by atoms with van der Waals surface area (Å²) in [5.41, 5.74) is 3.19. The van der Waals surface area contributed by atoms with Gasteiger partial charge in [0.25, 0.3) is 5.91 Å². The van der Waals surface area contributed by atoms with Crippen molar-refractivity contribution in [2.75, 3.05) is 6.54 Å². The molecule has 0 saturated heterocycles. The number of amides is 1. The van der Waals surface area contributed by atoms with Gasteiger partial charge in [0.15, 0.2) is 0 Å². The lowest BCUT2D eigenvalue weighted by molar-refractivity contribution is 0.0954. The number of nitrogens with one attached hydrogen (secondary N) is 1. The van der Waals surface area contributed by atoms with E-state index in [0.29, 0.717) is 29.9 Å². The van der Waals surface area contributed by atoms with Gasteiger partial charge in [0, 0.05) is 29.6 Å². The molecule has 0 unspecified atom stereocenters. The van der Waals surface area contributed by atoms with Gasteiger partial charge in [0.2, 0.25) is 10.0 Å². The zero-order chi connectivity index (χ0) is 25.0. The van der Waals surface area contributed by atoms with E-state index in [-0.39, 0.29) is 17.4 Å². The summed E-state index contributed by atoms with van der Waals surface area (Å²) < 4.78 is 33.7. The number of carbonyl (C=O) groups is 1. The van der Waals surface area contributed by atoms with E-state index in [1.807, 2.05) is 31.2 Å². The standard InChI is InChI=1S/C26H24N2O6S/c1-17-14-25(29)34-24-15-21(8-11-23(17)24)33-16-19-2-6-20(7-3-19)26(30)28-13-12-18-4-9-22(10-5-18)35(27,31)32/h2-11,14-15H,12-13,16H2,1H3,(H,28,30)(H2,27,31,32). The van der Waals surface area contributed by atoms with E-state index in [2.05, 4.69) is 5.32 Å². The van der Waals surface area contributed by atoms with Crippen LogP contribution in [0.25, 0.3) is 11.0 Å². The summed E-state index contributed by atoms with van der Waals surface area (Å²) in [4.78, 5) is 24.1. The number of aryl methyl sites for hydroxylation is 1. The summed E-state index contributed by atoms with van der Waals surface area (Å²) in [5, 5.41) is 8.79. The average Bonchev–Trinajstić information content (AvgIpc) is 2.82. The molecule has 0 radical (unpaired) electrons. The van der Waals surface area contributed by atoms with Crippen molar-refractivity contribution in [3.63, 3.8) is 0 Å². The molecule has 1 amide bonds. The summed E-state index contributed by atoms with van der Waals surface area (Å²) in [6, 6.07) is 20.1. The maximum absolute atomic E-state index is 12.4. The average molecular weight is 493 g/mol. The van der Waals surface area contributed by atoms with Gasteiger partial charge in [0.1, 0.15) is 17.9 Å². The van der Waals surface area contributed by atoms with E-state index in [1.165, 1.54) is 18.2 Å². The SMILES string of the molecule is Cc1cc(=O)oc2cc(OCc3ccc(C(=O)NCCc4ccc(S(N)(=O)=O)cc4)cc3)ccc12. The van der Waals surface area contributed by atoms with Crippen LogP contribution in [0, 0.1) is 6.92 Å². The summed E-state index contributed by atoms with van der Waals surface area (Å²) >= 11 is 0.